The van der Waals surface area contributed by atoms with Crippen LogP contribution in [-0.4, -0.2) is 14.8 Å². The van der Waals surface area contributed by atoms with E-state index in [1.54, 1.807) is 18.2 Å². The Hall–Kier alpha value is -3.15. The molecule has 0 aliphatic rings. The normalized spacial score (nSPS) is 11.3. The summed E-state index contributed by atoms with van der Waals surface area (Å²) in [5.74, 6) is -0.206. The number of hydrogen-bond acceptors (Lipinski definition) is 3. The maximum Gasteiger partial charge on any atom is 0.261 e. The Morgan fingerprint density at radius 2 is 1.95 bits per heavy atom. The van der Waals surface area contributed by atoms with Gasteiger partial charge in [0.15, 0.2) is 0 Å². The van der Waals surface area contributed by atoms with Crippen LogP contribution in [0.4, 0.5) is 10.2 Å². The molecule has 2 aromatic carbocycles. The van der Waals surface area contributed by atoms with Crippen molar-refractivity contribution >= 4 is 27.6 Å². The predicted octanol–water partition coefficient (Wildman–Crippen LogP) is 2.59. The molecule has 3 N–H and O–H groups in total. The minimum atomic E-state index is -0.393. The second-order valence-corrected chi connectivity index (χ2v) is 5.00. The number of anilines is 1. The largest absolute Gasteiger partial charge is 0.383 e. The van der Waals surface area contributed by atoms with Crippen LogP contribution in [0.15, 0.2) is 53.3 Å². The van der Waals surface area contributed by atoms with E-state index < -0.39 is 5.82 Å². The number of rotatable bonds is 1. The maximum atomic E-state index is 13.4. The lowest BCUT2D eigenvalue weighted by atomic mass is 10.1. The first-order valence-electron chi connectivity index (χ1n) is 6.70. The number of H-pyrrole nitrogens is 1. The monoisotopic (exact) mass is 294 g/mol. The first kappa shape index (κ1) is 12.6. The Kier molecular flexibility index (Phi) is 2.53. The topological polar surface area (TPSA) is 76.7 Å². The number of nitrogen functional groups attached to an aromatic ring is 1. The molecule has 0 aliphatic heterocycles. The van der Waals surface area contributed by atoms with Gasteiger partial charge in [-0.15, -0.1) is 0 Å². The van der Waals surface area contributed by atoms with E-state index in [4.69, 9.17) is 5.73 Å². The van der Waals surface area contributed by atoms with E-state index in [2.05, 4.69) is 10.1 Å². The van der Waals surface area contributed by atoms with E-state index in [0.717, 1.165) is 5.39 Å². The van der Waals surface area contributed by atoms with Gasteiger partial charge in [0, 0.05) is 5.39 Å². The van der Waals surface area contributed by atoms with Crippen LogP contribution in [0, 0.1) is 5.82 Å². The minimum absolute atomic E-state index is 0.188. The molecule has 0 bridgehead atoms. The molecule has 6 heteroatoms. The lowest BCUT2D eigenvalue weighted by Crippen LogP contribution is -2.08. The summed E-state index contributed by atoms with van der Waals surface area (Å²) in [6.45, 7) is 0. The van der Waals surface area contributed by atoms with E-state index >= 15 is 0 Å². The van der Waals surface area contributed by atoms with Crippen molar-refractivity contribution in [1.82, 2.24) is 14.8 Å². The summed E-state index contributed by atoms with van der Waals surface area (Å²) in [5.41, 5.74) is 7.41. The van der Waals surface area contributed by atoms with Crippen LogP contribution in [0.1, 0.15) is 0 Å². The van der Waals surface area contributed by atoms with E-state index in [0.29, 0.717) is 22.1 Å². The highest BCUT2D eigenvalue weighted by Crippen LogP contribution is 2.26. The van der Waals surface area contributed by atoms with Crippen molar-refractivity contribution in [2.24, 2.45) is 0 Å². The van der Waals surface area contributed by atoms with E-state index in [-0.39, 0.29) is 11.4 Å². The fourth-order valence-corrected chi connectivity index (χ4v) is 2.63. The van der Waals surface area contributed by atoms with Gasteiger partial charge in [-0.2, -0.15) is 5.10 Å². The zero-order valence-electron chi connectivity index (χ0n) is 11.4. The smallest absolute Gasteiger partial charge is 0.261 e. The molecule has 4 aromatic rings. The van der Waals surface area contributed by atoms with Crippen LogP contribution in [0.3, 0.4) is 0 Å². The molecule has 0 fully saturated rings. The molecule has 5 nitrogen and oxygen atoms in total. The molecule has 0 saturated carbocycles. The summed E-state index contributed by atoms with van der Waals surface area (Å²) in [6, 6.07) is 13.3. The average molecular weight is 294 g/mol. The Morgan fingerprint density at radius 1 is 1.14 bits per heavy atom. The van der Waals surface area contributed by atoms with Crippen LogP contribution in [0.5, 0.6) is 0 Å². The number of aromatic nitrogens is 3. The zero-order valence-corrected chi connectivity index (χ0v) is 11.4. The summed E-state index contributed by atoms with van der Waals surface area (Å²) < 4.78 is 14.8. The minimum Gasteiger partial charge on any atom is -0.383 e. The van der Waals surface area contributed by atoms with Crippen molar-refractivity contribution in [3.05, 3.63) is 64.7 Å². The second-order valence-electron chi connectivity index (χ2n) is 5.00. The van der Waals surface area contributed by atoms with Crippen LogP contribution >= 0.6 is 0 Å². The molecule has 0 amide bonds. The molecule has 0 aliphatic carbocycles. The maximum absolute atomic E-state index is 13.4. The van der Waals surface area contributed by atoms with Crippen molar-refractivity contribution in [1.29, 1.82) is 0 Å². The summed E-state index contributed by atoms with van der Waals surface area (Å²) in [7, 11) is 0. The standard InChI is InChI=1S/C16H11FN4O/c17-9-4-3-5-10(8-9)21-15(18)13-14(20-21)11-6-1-2-7-12(11)19-16(13)22/h1-8H,18H2,(H,19,22). The number of pyridine rings is 1. The van der Waals surface area contributed by atoms with Gasteiger partial charge in [0.25, 0.3) is 5.56 Å². The third kappa shape index (κ3) is 1.70. The van der Waals surface area contributed by atoms with Gasteiger partial charge in [0.05, 0.1) is 11.2 Å². The second kappa shape index (κ2) is 4.42. The molecular weight excluding hydrogens is 283 g/mol. The highest BCUT2D eigenvalue weighted by molar-refractivity contribution is 6.06. The summed E-state index contributed by atoms with van der Waals surface area (Å²) in [6.07, 6.45) is 0. The van der Waals surface area contributed by atoms with Gasteiger partial charge in [-0.25, -0.2) is 9.07 Å². The van der Waals surface area contributed by atoms with Gasteiger partial charge < -0.3 is 10.7 Å². The highest BCUT2D eigenvalue weighted by atomic mass is 19.1. The van der Waals surface area contributed by atoms with Crippen molar-refractivity contribution in [3.8, 4) is 5.69 Å². The van der Waals surface area contributed by atoms with Crippen molar-refractivity contribution in [3.63, 3.8) is 0 Å². The Balaban J connectivity index is 2.15. The van der Waals surface area contributed by atoms with Crippen molar-refractivity contribution < 1.29 is 4.39 Å². The number of nitrogens with zero attached hydrogens (tertiary/aromatic N) is 2. The molecule has 4 rings (SSSR count). The number of benzene rings is 2. The molecule has 0 atom stereocenters. The SMILES string of the molecule is Nc1c2c(=O)[nH]c3ccccc3c2nn1-c1cccc(F)c1. The number of nitrogens with one attached hydrogen (secondary N) is 1. The molecule has 2 heterocycles. The van der Waals surface area contributed by atoms with Crippen LogP contribution in [0.2, 0.25) is 0 Å². The molecule has 2 aromatic heterocycles. The number of halogens is 1. The molecule has 0 unspecified atom stereocenters. The van der Waals surface area contributed by atoms with Gasteiger partial charge in [0.2, 0.25) is 0 Å². The number of para-hydroxylation sites is 1. The van der Waals surface area contributed by atoms with Crippen LogP contribution < -0.4 is 11.3 Å². The van der Waals surface area contributed by atoms with Gasteiger partial charge in [-0.1, -0.05) is 24.3 Å². The van der Waals surface area contributed by atoms with Crippen molar-refractivity contribution in [2.45, 2.75) is 0 Å². The third-order valence-corrected chi connectivity index (χ3v) is 3.63. The Bertz CT molecular complexity index is 1080. The number of fused-ring (bicyclic) bond motifs is 3. The average Bonchev–Trinajstić information content (AvgIpc) is 2.86. The molecule has 0 saturated heterocycles. The fraction of sp³-hybridized carbons (Fsp3) is 0. The van der Waals surface area contributed by atoms with E-state index in [9.17, 15) is 9.18 Å². The lowest BCUT2D eigenvalue weighted by molar-refractivity contribution is 0.625. The Labute approximate surface area is 123 Å². The zero-order chi connectivity index (χ0) is 15.3. The number of hydrogen-bond donors (Lipinski definition) is 2. The van der Waals surface area contributed by atoms with Crippen LogP contribution in [0.25, 0.3) is 27.5 Å². The summed E-state index contributed by atoms with van der Waals surface area (Å²) in [4.78, 5) is 15.0. The number of nitrogens with two attached hydrogens (primary N) is 1. The van der Waals surface area contributed by atoms with E-state index in [1.807, 2.05) is 18.2 Å². The summed E-state index contributed by atoms with van der Waals surface area (Å²) in [5, 5.41) is 5.52. The quantitative estimate of drug-likeness (QED) is 0.566. The molecule has 0 radical (unpaired) electrons. The molecule has 22 heavy (non-hydrogen) atoms. The van der Waals surface area contributed by atoms with Gasteiger partial charge in [-0.05, 0) is 24.3 Å². The third-order valence-electron chi connectivity index (χ3n) is 3.63. The van der Waals surface area contributed by atoms with Crippen molar-refractivity contribution in [2.75, 3.05) is 5.73 Å². The van der Waals surface area contributed by atoms with E-state index in [1.165, 1.54) is 16.8 Å². The Morgan fingerprint density at radius 3 is 2.77 bits per heavy atom. The van der Waals surface area contributed by atoms with Gasteiger partial charge >= 0.3 is 0 Å². The molecule has 0 spiro atoms. The highest BCUT2D eigenvalue weighted by Gasteiger charge is 2.16. The predicted molar refractivity (Wildman–Crippen MR) is 83.6 cm³/mol. The number of aromatic amines is 1. The first-order valence-corrected chi connectivity index (χ1v) is 6.70. The van der Waals surface area contributed by atoms with Crippen LogP contribution in [-0.2, 0) is 0 Å². The first-order chi connectivity index (χ1) is 10.6. The fourth-order valence-electron chi connectivity index (χ4n) is 2.63. The van der Waals surface area contributed by atoms with Gasteiger partial charge in [-0.3, -0.25) is 4.79 Å². The lowest BCUT2D eigenvalue weighted by Gasteiger charge is -2.03. The van der Waals surface area contributed by atoms with Gasteiger partial charge in [0.1, 0.15) is 22.5 Å². The molecule has 108 valence electrons. The summed E-state index contributed by atoms with van der Waals surface area (Å²) >= 11 is 0. The molecular formula is C16H11FN4O.